The SMILES string of the molecule is FC(F)(F)c1cc(NC2=[N+]=C=CC(=NCCc3cnc[nH]3)N2)c2cc1C2. The maximum Gasteiger partial charge on any atom is 0.459 e. The Hall–Kier alpha value is -3.28. The number of hydrogen-bond donors (Lipinski definition) is 3. The summed E-state index contributed by atoms with van der Waals surface area (Å²) < 4.78 is 43.1. The van der Waals surface area contributed by atoms with E-state index in [0.29, 0.717) is 36.5 Å². The summed E-state index contributed by atoms with van der Waals surface area (Å²) in [5, 5.41) is 5.85. The van der Waals surface area contributed by atoms with E-state index in [9.17, 15) is 13.2 Å². The number of aliphatic imine (C=N–C) groups is 1. The zero-order valence-corrected chi connectivity index (χ0v) is 13.5. The summed E-state index contributed by atoms with van der Waals surface area (Å²) in [5.41, 5.74) is 1.89. The minimum Gasteiger partial charge on any atom is -0.348 e. The summed E-state index contributed by atoms with van der Waals surface area (Å²) in [5.74, 6) is 3.52. The van der Waals surface area contributed by atoms with Gasteiger partial charge in [-0.05, 0) is 17.2 Å². The molecule has 2 aromatic rings. The van der Waals surface area contributed by atoms with Crippen LogP contribution >= 0.6 is 0 Å². The molecule has 0 spiro atoms. The molecule has 1 aromatic heterocycles. The van der Waals surface area contributed by atoms with Crippen LogP contribution in [-0.4, -0.2) is 34.2 Å². The summed E-state index contributed by atoms with van der Waals surface area (Å²) in [6.45, 7) is 0.522. The minimum absolute atomic E-state index is 0.289. The van der Waals surface area contributed by atoms with Gasteiger partial charge in [0.1, 0.15) is 5.69 Å². The lowest BCUT2D eigenvalue weighted by molar-refractivity contribution is -0.138. The standard InChI is InChI=1S/C17H13F3N6/c18-17(19,20)13-7-14(11-5-10(13)6-11)25-16-23-4-2-15(26-16)22-3-1-12-8-21-9-24-12/h2,5,7-9H,1,3,6H2,(H2,21,22,24,25,26)/p+1. The monoisotopic (exact) mass is 359 g/mol. The molecule has 26 heavy (non-hydrogen) atoms. The fraction of sp³-hybridized carbons (Fsp3) is 0.235. The Bertz CT molecular complexity index is 975. The molecule has 2 aliphatic carbocycles. The zero-order valence-electron chi connectivity index (χ0n) is 13.5. The van der Waals surface area contributed by atoms with Crippen molar-refractivity contribution < 1.29 is 13.2 Å². The zero-order chi connectivity index (χ0) is 18.1. The minimum atomic E-state index is -4.36. The van der Waals surface area contributed by atoms with Gasteiger partial charge in [-0.2, -0.15) is 17.8 Å². The van der Waals surface area contributed by atoms with E-state index in [1.165, 1.54) is 0 Å². The average molecular weight is 359 g/mol. The van der Waals surface area contributed by atoms with Gasteiger partial charge in [-0.25, -0.2) is 15.6 Å². The molecule has 0 radical (unpaired) electrons. The van der Waals surface area contributed by atoms with Gasteiger partial charge in [0.25, 0.3) is 0 Å². The number of nitrogens with one attached hydrogen (secondary N) is 3. The number of alkyl halides is 3. The van der Waals surface area contributed by atoms with E-state index < -0.39 is 11.7 Å². The maximum absolute atomic E-state index is 13.0. The van der Waals surface area contributed by atoms with Crippen LogP contribution in [0.4, 0.5) is 18.9 Å². The highest BCUT2D eigenvalue weighted by Gasteiger charge is 2.38. The molecule has 0 saturated carbocycles. The third-order valence-electron chi connectivity index (χ3n) is 4.11. The van der Waals surface area contributed by atoms with Crippen molar-refractivity contribution in [1.29, 1.82) is 0 Å². The van der Waals surface area contributed by atoms with Crippen LogP contribution in [-0.2, 0) is 19.0 Å². The van der Waals surface area contributed by atoms with Crippen molar-refractivity contribution in [3.05, 3.63) is 53.1 Å². The Labute approximate surface area is 146 Å². The lowest BCUT2D eigenvalue weighted by Gasteiger charge is -2.23. The normalized spacial score (nSPS) is 16.3. The number of anilines is 1. The summed E-state index contributed by atoms with van der Waals surface area (Å²) in [6.07, 6.45) is 1.55. The molecular formula is C17H14F3N6+. The second kappa shape index (κ2) is 6.22. The Balaban J connectivity index is 1.44. The first-order valence-corrected chi connectivity index (χ1v) is 7.94. The molecule has 0 amide bonds. The van der Waals surface area contributed by atoms with Gasteiger partial charge in [-0.1, -0.05) is 6.07 Å². The Morgan fingerprint density at radius 2 is 2.15 bits per heavy atom. The number of hydrogen-bond acceptors (Lipinski definition) is 3. The smallest absolute Gasteiger partial charge is 0.348 e. The number of H-pyrrole nitrogens is 1. The number of fused-ring (bicyclic) bond motifs is 2. The van der Waals surface area contributed by atoms with Crippen LogP contribution in [0.15, 0.2) is 35.7 Å². The Morgan fingerprint density at radius 3 is 2.88 bits per heavy atom. The first kappa shape index (κ1) is 16.2. The second-order valence-corrected chi connectivity index (χ2v) is 5.92. The lowest BCUT2D eigenvalue weighted by atomic mass is 9.86. The molecule has 2 bridgehead atoms. The number of nitrogens with zero attached hydrogens (tertiary/aromatic N) is 3. The fourth-order valence-corrected chi connectivity index (χ4v) is 2.78. The Kier molecular flexibility index (Phi) is 3.88. The summed E-state index contributed by atoms with van der Waals surface area (Å²) >= 11 is 0. The third kappa shape index (κ3) is 3.26. The largest absolute Gasteiger partial charge is 0.459 e. The van der Waals surface area contributed by atoms with Gasteiger partial charge < -0.3 is 4.98 Å². The predicted octanol–water partition coefficient (Wildman–Crippen LogP) is 1.64. The van der Waals surface area contributed by atoms with Crippen LogP contribution in [0.3, 0.4) is 0 Å². The van der Waals surface area contributed by atoms with Crippen LogP contribution in [0.2, 0.25) is 0 Å². The van der Waals surface area contributed by atoms with Crippen molar-refractivity contribution in [2.75, 3.05) is 11.9 Å². The highest BCUT2D eigenvalue weighted by molar-refractivity contribution is 6.15. The van der Waals surface area contributed by atoms with Crippen LogP contribution in [0.1, 0.15) is 22.4 Å². The molecule has 132 valence electrons. The molecule has 6 nitrogen and oxygen atoms in total. The van der Waals surface area contributed by atoms with Crippen LogP contribution in [0.5, 0.6) is 0 Å². The molecule has 0 unspecified atom stereocenters. The van der Waals surface area contributed by atoms with E-state index in [-0.39, 0.29) is 5.96 Å². The van der Waals surface area contributed by atoms with E-state index in [1.54, 1.807) is 24.7 Å². The van der Waals surface area contributed by atoms with E-state index in [0.717, 1.165) is 17.3 Å². The molecule has 3 aliphatic rings. The van der Waals surface area contributed by atoms with Gasteiger partial charge in [0.2, 0.25) is 0 Å². The topological polar surface area (TPSA) is 79.2 Å². The average Bonchev–Trinajstić information content (AvgIpc) is 3.06. The summed E-state index contributed by atoms with van der Waals surface area (Å²) in [4.78, 5) is 11.3. The number of rotatable bonds is 4. The molecule has 3 N–H and O–H groups in total. The van der Waals surface area contributed by atoms with Crippen molar-refractivity contribution in [3.63, 3.8) is 0 Å². The molecule has 9 heteroatoms. The van der Waals surface area contributed by atoms with Gasteiger partial charge in [0.05, 0.1) is 18.0 Å². The van der Waals surface area contributed by atoms with E-state index in [1.807, 2.05) is 0 Å². The first-order valence-electron chi connectivity index (χ1n) is 7.94. The van der Waals surface area contributed by atoms with E-state index >= 15 is 0 Å². The maximum atomic E-state index is 13.0. The van der Waals surface area contributed by atoms with Gasteiger partial charge >= 0.3 is 12.1 Å². The summed E-state index contributed by atoms with van der Waals surface area (Å²) in [7, 11) is 0. The van der Waals surface area contributed by atoms with Crippen molar-refractivity contribution in [2.24, 2.45) is 4.99 Å². The van der Waals surface area contributed by atoms with Crippen LogP contribution in [0, 0.1) is 0 Å². The molecule has 1 aromatic carbocycles. The van der Waals surface area contributed by atoms with Crippen LogP contribution in [0.25, 0.3) is 0 Å². The van der Waals surface area contributed by atoms with Gasteiger partial charge in [-0.15, -0.1) is 0 Å². The number of guanidine groups is 1. The van der Waals surface area contributed by atoms with E-state index in [2.05, 4.69) is 36.1 Å². The van der Waals surface area contributed by atoms with Crippen molar-refractivity contribution in [3.8, 4) is 0 Å². The number of imidazole rings is 1. The van der Waals surface area contributed by atoms with Crippen LogP contribution < -0.4 is 15.3 Å². The van der Waals surface area contributed by atoms with Crippen molar-refractivity contribution >= 4 is 23.4 Å². The van der Waals surface area contributed by atoms with Gasteiger partial charge in [0.15, 0.2) is 11.7 Å². The summed E-state index contributed by atoms with van der Waals surface area (Å²) in [6, 6.07) is 2.67. The van der Waals surface area contributed by atoms with Crippen molar-refractivity contribution in [1.82, 2.24) is 20.0 Å². The van der Waals surface area contributed by atoms with E-state index in [4.69, 9.17) is 0 Å². The number of halogens is 3. The van der Waals surface area contributed by atoms with Crippen molar-refractivity contribution in [2.45, 2.75) is 19.0 Å². The molecule has 0 saturated heterocycles. The number of aromatic amines is 1. The molecule has 0 fully saturated rings. The van der Waals surface area contributed by atoms with Gasteiger partial charge in [-0.3, -0.25) is 4.99 Å². The fourth-order valence-electron chi connectivity index (χ4n) is 2.78. The highest BCUT2D eigenvalue weighted by Crippen LogP contribution is 2.41. The molecule has 2 heterocycles. The third-order valence-corrected chi connectivity index (χ3v) is 4.11. The molecule has 0 atom stereocenters. The first-order chi connectivity index (χ1) is 12.5. The molecule has 1 aliphatic heterocycles. The van der Waals surface area contributed by atoms with Gasteiger partial charge in [0, 0.05) is 31.3 Å². The number of benzene rings is 1. The highest BCUT2D eigenvalue weighted by atomic mass is 19.4. The second-order valence-electron chi connectivity index (χ2n) is 5.92. The predicted molar refractivity (Wildman–Crippen MR) is 92.3 cm³/mol. The lowest BCUT2D eigenvalue weighted by Crippen LogP contribution is -2.39. The Morgan fingerprint density at radius 1 is 1.31 bits per heavy atom. The number of aromatic nitrogens is 2. The molecule has 5 rings (SSSR count). The number of amidine groups is 1. The molecular weight excluding hydrogens is 345 g/mol. The quantitative estimate of drug-likeness (QED) is 0.620.